The molecule has 0 bridgehead atoms. The molecule has 1 aliphatic heterocycles. The van der Waals surface area contributed by atoms with Crippen LogP contribution >= 0.6 is 31.9 Å². The van der Waals surface area contributed by atoms with Crippen molar-refractivity contribution in [2.24, 2.45) is 0 Å². The maximum absolute atomic E-state index is 12.7. The Morgan fingerprint density at radius 3 is 1.53 bits per heavy atom. The van der Waals surface area contributed by atoms with Gasteiger partial charge < -0.3 is 5.32 Å². The van der Waals surface area contributed by atoms with Crippen LogP contribution in [0.5, 0.6) is 0 Å². The molecule has 1 N–H and O–H groups in total. The summed E-state index contributed by atoms with van der Waals surface area (Å²) >= 11 is 7.44. The number of hydrogen-bond acceptors (Lipinski definition) is 2. The van der Waals surface area contributed by atoms with Gasteiger partial charge in [-0.05, 0) is 25.7 Å². The fourth-order valence-corrected chi connectivity index (χ4v) is 6.45. The van der Waals surface area contributed by atoms with Crippen molar-refractivity contribution in [3.05, 3.63) is 0 Å². The van der Waals surface area contributed by atoms with Crippen LogP contribution in [0.3, 0.4) is 0 Å². The molecule has 4 heteroatoms. The molecule has 2 saturated carbocycles. The number of nitrogens with one attached hydrogen (secondary N) is 1. The number of halogens is 2. The minimum absolute atomic E-state index is 0.0165. The van der Waals surface area contributed by atoms with Crippen LogP contribution in [0.2, 0.25) is 0 Å². The van der Waals surface area contributed by atoms with E-state index in [1.54, 1.807) is 0 Å². The molecule has 2 spiro atoms. The van der Waals surface area contributed by atoms with Crippen molar-refractivity contribution in [3.63, 3.8) is 0 Å². The van der Waals surface area contributed by atoms with Crippen molar-refractivity contribution in [1.29, 1.82) is 0 Å². The Balaban J connectivity index is 1.92. The number of carbonyl (C=O) groups is 1. The van der Waals surface area contributed by atoms with Gasteiger partial charge in [0.05, 0.1) is 9.65 Å². The molecule has 2 aliphatic carbocycles. The second-order valence-corrected chi connectivity index (χ2v) is 8.52. The van der Waals surface area contributed by atoms with E-state index in [4.69, 9.17) is 0 Å². The molecule has 1 saturated heterocycles. The quantitative estimate of drug-likeness (QED) is 0.629. The molecule has 0 aromatic heterocycles. The SMILES string of the molecule is O=C1C(Br)C2(CCCCC2)NC2(CCCCC2)C1Br. The van der Waals surface area contributed by atoms with Crippen molar-refractivity contribution in [1.82, 2.24) is 5.32 Å². The van der Waals surface area contributed by atoms with Crippen LogP contribution < -0.4 is 5.32 Å². The van der Waals surface area contributed by atoms with Crippen LogP contribution in [0.1, 0.15) is 64.2 Å². The number of alkyl halides is 2. The van der Waals surface area contributed by atoms with Crippen LogP contribution in [0.25, 0.3) is 0 Å². The van der Waals surface area contributed by atoms with Crippen molar-refractivity contribution < 1.29 is 4.79 Å². The lowest BCUT2D eigenvalue weighted by molar-refractivity contribution is -0.124. The summed E-state index contributed by atoms with van der Waals surface area (Å²) in [6.07, 6.45) is 12.3. The van der Waals surface area contributed by atoms with Gasteiger partial charge in [0.15, 0.2) is 5.78 Å². The number of carbonyl (C=O) groups excluding carboxylic acids is 1. The molecule has 3 fully saturated rings. The molecule has 2 nitrogen and oxygen atoms in total. The van der Waals surface area contributed by atoms with Gasteiger partial charge in [0, 0.05) is 11.1 Å². The molecule has 0 aromatic carbocycles. The highest BCUT2D eigenvalue weighted by Gasteiger charge is 2.57. The van der Waals surface area contributed by atoms with E-state index < -0.39 is 0 Å². The predicted molar refractivity (Wildman–Crippen MR) is 85.2 cm³/mol. The first kappa shape index (κ1) is 14.5. The number of rotatable bonds is 0. The Kier molecular flexibility index (Phi) is 4.14. The highest BCUT2D eigenvalue weighted by molar-refractivity contribution is 9.10. The van der Waals surface area contributed by atoms with Gasteiger partial charge in [-0.25, -0.2) is 0 Å². The first-order valence-corrected chi connectivity index (χ1v) is 9.54. The van der Waals surface area contributed by atoms with Gasteiger partial charge in [-0.1, -0.05) is 70.4 Å². The summed E-state index contributed by atoms with van der Waals surface area (Å²) in [6.45, 7) is 0. The van der Waals surface area contributed by atoms with E-state index in [1.165, 1.54) is 38.5 Å². The average Bonchev–Trinajstić information content (AvgIpc) is 2.45. The molecule has 0 amide bonds. The Morgan fingerprint density at radius 1 is 0.789 bits per heavy atom. The monoisotopic (exact) mass is 391 g/mol. The van der Waals surface area contributed by atoms with Gasteiger partial charge in [-0.2, -0.15) is 0 Å². The topological polar surface area (TPSA) is 29.1 Å². The normalized spacial score (nSPS) is 37.7. The maximum Gasteiger partial charge on any atom is 0.163 e. The van der Waals surface area contributed by atoms with Crippen LogP contribution in [0, 0.1) is 0 Å². The Hall–Kier alpha value is 0.590. The minimum Gasteiger partial charge on any atom is -0.303 e. The van der Waals surface area contributed by atoms with Gasteiger partial charge in [0.1, 0.15) is 0 Å². The summed E-state index contributed by atoms with van der Waals surface area (Å²) in [7, 11) is 0. The zero-order valence-corrected chi connectivity index (χ0v) is 14.6. The van der Waals surface area contributed by atoms with E-state index >= 15 is 0 Å². The van der Waals surface area contributed by atoms with Gasteiger partial charge >= 0.3 is 0 Å². The summed E-state index contributed by atoms with van der Waals surface area (Å²) in [5, 5.41) is 4.00. The summed E-state index contributed by atoms with van der Waals surface area (Å²) in [6, 6.07) is 0. The number of piperidine rings is 1. The molecule has 3 rings (SSSR count). The van der Waals surface area contributed by atoms with E-state index in [0.29, 0.717) is 5.78 Å². The van der Waals surface area contributed by atoms with Crippen LogP contribution in [0.4, 0.5) is 0 Å². The van der Waals surface area contributed by atoms with Gasteiger partial charge in [0.25, 0.3) is 0 Å². The van der Waals surface area contributed by atoms with Gasteiger partial charge in [-0.15, -0.1) is 0 Å². The summed E-state index contributed by atoms with van der Waals surface area (Å²) in [5.41, 5.74) is 0.0495. The summed E-state index contributed by atoms with van der Waals surface area (Å²) in [4.78, 5) is 12.7. The molecule has 2 atom stereocenters. The molecule has 3 aliphatic rings. The van der Waals surface area contributed by atoms with Crippen LogP contribution in [-0.4, -0.2) is 26.5 Å². The van der Waals surface area contributed by atoms with Gasteiger partial charge in [-0.3, -0.25) is 4.79 Å². The molecule has 1 heterocycles. The van der Waals surface area contributed by atoms with Gasteiger partial charge in [0.2, 0.25) is 0 Å². The lowest BCUT2D eigenvalue weighted by Crippen LogP contribution is -2.74. The second kappa shape index (κ2) is 5.42. The van der Waals surface area contributed by atoms with Crippen molar-refractivity contribution in [2.45, 2.75) is 84.9 Å². The molecule has 108 valence electrons. The van der Waals surface area contributed by atoms with E-state index in [2.05, 4.69) is 37.2 Å². The van der Waals surface area contributed by atoms with Crippen LogP contribution in [-0.2, 0) is 4.79 Å². The Bertz CT molecular complexity index is 327. The van der Waals surface area contributed by atoms with Crippen LogP contribution in [0.15, 0.2) is 0 Å². The predicted octanol–water partition coefficient (Wildman–Crippen LogP) is 4.09. The van der Waals surface area contributed by atoms with E-state index in [1.807, 2.05) is 0 Å². The zero-order valence-electron chi connectivity index (χ0n) is 11.4. The van der Waals surface area contributed by atoms with Crippen molar-refractivity contribution in [2.75, 3.05) is 0 Å². The molecule has 19 heavy (non-hydrogen) atoms. The summed E-state index contributed by atoms with van der Waals surface area (Å²) < 4.78 is 0. The third-order valence-corrected chi connectivity index (χ3v) is 8.11. The molecule has 0 aromatic rings. The highest BCUT2D eigenvalue weighted by Crippen LogP contribution is 2.47. The van der Waals surface area contributed by atoms with Crippen molar-refractivity contribution in [3.8, 4) is 0 Å². The second-order valence-electron chi connectivity index (χ2n) is 6.69. The highest BCUT2D eigenvalue weighted by atomic mass is 79.9. The first-order valence-electron chi connectivity index (χ1n) is 7.71. The minimum atomic E-state index is -0.0165. The first-order chi connectivity index (χ1) is 9.10. The average molecular weight is 393 g/mol. The number of hydrogen-bond donors (Lipinski definition) is 1. The molecule has 2 unspecified atom stereocenters. The number of ketones is 1. The third-order valence-electron chi connectivity index (χ3n) is 5.46. The molecular formula is C15H23Br2NO. The molecular weight excluding hydrogens is 370 g/mol. The van der Waals surface area contributed by atoms with E-state index in [-0.39, 0.29) is 20.7 Å². The largest absolute Gasteiger partial charge is 0.303 e. The maximum atomic E-state index is 12.7. The lowest BCUT2D eigenvalue weighted by Gasteiger charge is -2.56. The standard InChI is InChI=1S/C15H23Br2NO/c16-12-11(19)13(17)15(9-5-2-6-10-15)18-14(12)7-3-1-4-8-14/h12-13,18H,1-10H2. The summed E-state index contributed by atoms with van der Waals surface area (Å²) in [5.74, 6) is 0.377. The van der Waals surface area contributed by atoms with Crippen molar-refractivity contribution >= 4 is 37.6 Å². The lowest BCUT2D eigenvalue weighted by atomic mass is 9.67. The fraction of sp³-hybridized carbons (Fsp3) is 0.933. The number of Topliss-reactive ketones (excluding diaryl/α,β-unsaturated/α-hetero) is 1. The third kappa shape index (κ3) is 2.36. The Labute approximate surface area is 132 Å². The fourth-order valence-electron chi connectivity index (χ4n) is 4.42. The zero-order chi connectivity index (χ0) is 13.5. The molecule has 0 radical (unpaired) electrons. The Morgan fingerprint density at radius 2 is 1.16 bits per heavy atom. The smallest absolute Gasteiger partial charge is 0.163 e. The van der Waals surface area contributed by atoms with E-state index in [9.17, 15) is 4.79 Å². The van der Waals surface area contributed by atoms with E-state index in [0.717, 1.165) is 25.7 Å².